The van der Waals surface area contributed by atoms with Crippen LogP contribution in [0.3, 0.4) is 0 Å². The van der Waals surface area contributed by atoms with Crippen LogP contribution in [0.5, 0.6) is 11.5 Å². The molecule has 0 atom stereocenters. The molecule has 0 aromatic heterocycles. The van der Waals surface area contributed by atoms with Gasteiger partial charge < -0.3 is 10.5 Å². The van der Waals surface area contributed by atoms with Crippen LogP contribution in [0, 0.1) is 5.41 Å². The lowest BCUT2D eigenvalue weighted by Crippen LogP contribution is -2.08. The molecule has 4 nitrogen and oxygen atoms in total. The zero-order valence-electron chi connectivity index (χ0n) is 11.3. The Hall–Kier alpha value is -1.50. The van der Waals surface area contributed by atoms with E-state index in [1.165, 1.54) is 0 Å². The highest BCUT2D eigenvalue weighted by atomic mass is 79.9. The molecule has 0 fully saturated rings. The number of rotatable bonds is 4. The average molecular weight is 400 g/mol. The van der Waals surface area contributed by atoms with Gasteiger partial charge >= 0.3 is 0 Å². The van der Waals surface area contributed by atoms with Crippen molar-refractivity contribution in [3.63, 3.8) is 0 Å². The fraction of sp³-hybridized carbons (Fsp3) is 0.0667. The standard InChI is InChI=1S/C15H12BrClN2O2S/c16-10-2-1-3-11(8-10)21-13-6-9(4-5-12(13)17)7-14(18)22-15(19)20/h1-6,8,18H,7H2,(H2,19,20). The Bertz CT molecular complexity index is 724. The van der Waals surface area contributed by atoms with Gasteiger partial charge in [-0.05, 0) is 47.7 Å². The van der Waals surface area contributed by atoms with E-state index in [1.807, 2.05) is 24.3 Å². The molecule has 0 spiro atoms. The molecule has 114 valence electrons. The summed E-state index contributed by atoms with van der Waals surface area (Å²) in [6.45, 7) is 0. The van der Waals surface area contributed by atoms with E-state index in [9.17, 15) is 4.79 Å². The van der Waals surface area contributed by atoms with Crippen molar-refractivity contribution < 1.29 is 9.53 Å². The van der Waals surface area contributed by atoms with Crippen molar-refractivity contribution in [1.29, 1.82) is 5.41 Å². The lowest BCUT2D eigenvalue weighted by Gasteiger charge is -2.10. The van der Waals surface area contributed by atoms with Crippen LogP contribution in [0.15, 0.2) is 46.9 Å². The first-order chi connectivity index (χ1) is 10.4. The highest BCUT2D eigenvalue weighted by Gasteiger charge is 2.09. The van der Waals surface area contributed by atoms with Gasteiger partial charge in [0, 0.05) is 10.9 Å². The third-order valence-corrected chi connectivity index (χ3v) is 4.01. The first kappa shape index (κ1) is 16.9. The molecule has 7 heteroatoms. The fourth-order valence-electron chi connectivity index (χ4n) is 1.74. The van der Waals surface area contributed by atoms with Crippen molar-refractivity contribution in [1.82, 2.24) is 0 Å². The van der Waals surface area contributed by atoms with Crippen LogP contribution in [-0.4, -0.2) is 10.3 Å². The maximum Gasteiger partial charge on any atom is 0.282 e. The number of nitrogens with two attached hydrogens (primary N) is 1. The van der Waals surface area contributed by atoms with Crippen LogP contribution in [0.2, 0.25) is 5.02 Å². The van der Waals surface area contributed by atoms with E-state index in [-0.39, 0.29) is 5.04 Å². The van der Waals surface area contributed by atoms with Crippen molar-refractivity contribution in [2.24, 2.45) is 5.73 Å². The molecule has 2 aromatic rings. The summed E-state index contributed by atoms with van der Waals surface area (Å²) in [7, 11) is 0. The predicted octanol–water partition coefficient (Wildman–Crippen LogP) is 5.23. The van der Waals surface area contributed by atoms with Gasteiger partial charge in [-0.1, -0.05) is 39.7 Å². The number of thioether (sulfide) groups is 1. The molecule has 0 radical (unpaired) electrons. The largest absolute Gasteiger partial charge is 0.456 e. The summed E-state index contributed by atoms with van der Waals surface area (Å²) in [6.07, 6.45) is 0.291. The normalized spacial score (nSPS) is 10.3. The molecule has 3 N–H and O–H groups in total. The predicted molar refractivity (Wildman–Crippen MR) is 94.3 cm³/mol. The van der Waals surface area contributed by atoms with Crippen molar-refractivity contribution in [3.8, 4) is 11.5 Å². The van der Waals surface area contributed by atoms with Crippen LogP contribution < -0.4 is 10.5 Å². The van der Waals surface area contributed by atoms with E-state index in [4.69, 9.17) is 27.5 Å². The van der Waals surface area contributed by atoms with Gasteiger partial charge in [-0.3, -0.25) is 10.2 Å². The third kappa shape index (κ3) is 5.05. The minimum Gasteiger partial charge on any atom is -0.456 e. The SMILES string of the molecule is N=C(Cc1ccc(Cl)c(Oc2cccc(Br)c2)c1)SC(N)=O. The van der Waals surface area contributed by atoms with Crippen molar-refractivity contribution >= 4 is 49.6 Å². The Morgan fingerprint density at radius 3 is 2.77 bits per heavy atom. The maximum absolute atomic E-state index is 10.8. The second kappa shape index (κ2) is 7.67. The molecule has 0 aliphatic rings. The molecule has 2 rings (SSSR count). The highest BCUT2D eigenvalue weighted by molar-refractivity contribution is 9.10. The number of carbonyl (C=O) groups is 1. The van der Waals surface area contributed by atoms with Crippen LogP contribution >= 0.6 is 39.3 Å². The molecule has 0 aliphatic heterocycles. The number of carbonyl (C=O) groups excluding carboxylic acids is 1. The number of primary amides is 1. The molecule has 22 heavy (non-hydrogen) atoms. The van der Waals surface area contributed by atoms with E-state index < -0.39 is 5.24 Å². The van der Waals surface area contributed by atoms with Gasteiger partial charge in [0.25, 0.3) is 5.24 Å². The third-order valence-electron chi connectivity index (χ3n) is 2.61. The number of benzene rings is 2. The summed E-state index contributed by atoms with van der Waals surface area (Å²) in [5.41, 5.74) is 5.86. The first-order valence-corrected chi connectivity index (χ1v) is 8.19. The van der Waals surface area contributed by atoms with E-state index in [0.717, 1.165) is 10.0 Å². The van der Waals surface area contributed by atoms with Gasteiger partial charge in [-0.2, -0.15) is 0 Å². The summed E-state index contributed by atoms with van der Waals surface area (Å²) in [5.74, 6) is 1.14. The minimum absolute atomic E-state index is 0.170. The molecular formula is C15H12BrClN2O2S. The quantitative estimate of drug-likeness (QED) is 0.546. The second-order valence-corrected chi connectivity index (χ2v) is 6.77. The van der Waals surface area contributed by atoms with Crippen LogP contribution in [0.1, 0.15) is 5.56 Å². The van der Waals surface area contributed by atoms with Gasteiger partial charge in [-0.25, -0.2) is 0 Å². The minimum atomic E-state index is -0.593. The lowest BCUT2D eigenvalue weighted by molar-refractivity contribution is 0.267. The average Bonchev–Trinajstić information content (AvgIpc) is 2.41. The van der Waals surface area contributed by atoms with E-state index in [1.54, 1.807) is 18.2 Å². The fourth-order valence-corrected chi connectivity index (χ4v) is 2.75. The van der Waals surface area contributed by atoms with Crippen LogP contribution in [0.4, 0.5) is 4.79 Å². The molecule has 0 aliphatic carbocycles. The molecule has 0 heterocycles. The molecular weight excluding hydrogens is 388 g/mol. The van der Waals surface area contributed by atoms with Crippen molar-refractivity contribution in [2.75, 3.05) is 0 Å². The molecule has 0 unspecified atom stereocenters. The van der Waals surface area contributed by atoms with Gasteiger partial charge in [-0.15, -0.1) is 0 Å². The van der Waals surface area contributed by atoms with E-state index in [0.29, 0.717) is 34.7 Å². The summed E-state index contributed by atoms with van der Waals surface area (Å²) in [6, 6.07) is 12.6. The van der Waals surface area contributed by atoms with Crippen LogP contribution in [0.25, 0.3) is 0 Å². The molecule has 0 saturated heterocycles. The van der Waals surface area contributed by atoms with Gasteiger partial charge in [0.05, 0.1) is 10.1 Å². The second-order valence-electron chi connectivity index (χ2n) is 4.35. The smallest absolute Gasteiger partial charge is 0.282 e. The monoisotopic (exact) mass is 398 g/mol. The maximum atomic E-state index is 10.8. The lowest BCUT2D eigenvalue weighted by atomic mass is 10.1. The van der Waals surface area contributed by atoms with Gasteiger partial charge in [0.1, 0.15) is 11.5 Å². The Kier molecular flexibility index (Phi) is 5.88. The Morgan fingerprint density at radius 2 is 2.09 bits per heavy atom. The molecule has 1 amide bonds. The highest BCUT2D eigenvalue weighted by Crippen LogP contribution is 2.31. The number of amides is 1. The molecule has 0 bridgehead atoms. The number of ether oxygens (including phenoxy) is 1. The first-order valence-electron chi connectivity index (χ1n) is 6.20. The molecule has 2 aromatic carbocycles. The Morgan fingerprint density at radius 1 is 1.32 bits per heavy atom. The summed E-state index contributed by atoms with van der Waals surface area (Å²) in [4.78, 5) is 10.8. The summed E-state index contributed by atoms with van der Waals surface area (Å²) < 4.78 is 6.66. The van der Waals surface area contributed by atoms with Crippen LogP contribution in [-0.2, 0) is 6.42 Å². The zero-order chi connectivity index (χ0) is 16.1. The number of halogens is 2. The Labute approximate surface area is 145 Å². The van der Waals surface area contributed by atoms with E-state index >= 15 is 0 Å². The number of hydrogen-bond donors (Lipinski definition) is 2. The van der Waals surface area contributed by atoms with Crippen molar-refractivity contribution in [3.05, 3.63) is 57.5 Å². The Balaban J connectivity index is 2.16. The van der Waals surface area contributed by atoms with E-state index in [2.05, 4.69) is 15.9 Å². The molecule has 0 saturated carbocycles. The van der Waals surface area contributed by atoms with Gasteiger partial charge in [0.2, 0.25) is 0 Å². The van der Waals surface area contributed by atoms with Gasteiger partial charge in [0.15, 0.2) is 0 Å². The summed E-state index contributed by atoms with van der Waals surface area (Å²) in [5, 5.41) is 7.76. The number of nitrogens with one attached hydrogen (secondary N) is 1. The zero-order valence-corrected chi connectivity index (χ0v) is 14.5. The summed E-state index contributed by atoms with van der Waals surface area (Å²) >= 11 is 10.2. The van der Waals surface area contributed by atoms with Crippen molar-refractivity contribution in [2.45, 2.75) is 6.42 Å². The topological polar surface area (TPSA) is 76.2 Å². The number of hydrogen-bond acceptors (Lipinski definition) is 4.